The van der Waals surface area contributed by atoms with E-state index in [1.54, 1.807) is 0 Å². The molecule has 0 aromatic heterocycles. The molecule has 0 aliphatic carbocycles. The van der Waals surface area contributed by atoms with Crippen LogP contribution in [0.3, 0.4) is 0 Å². The van der Waals surface area contributed by atoms with E-state index in [4.69, 9.17) is 5.11 Å². The molecule has 0 rings (SSSR count). The maximum absolute atomic E-state index is 10.8. The second kappa shape index (κ2) is 26.1. The molecular weight excluding hydrogens is 386 g/mol. The van der Waals surface area contributed by atoms with E-state index in [0.717, 1.165) is 63.8 Å². The SMILES string of the molecule is C=CC(=O)NCCCC.C=CC(=O)NCCCC.CCCCNC(=O)/C=C\C(=O)O. The number of carboxylic acids is 1. The molecule has 0 heterocycles. The molecule has 8 heteroatoms. The molecule has 0 aromatic rings. The number of nitrogens with one attached hydrogen (secondary N) is 3. The monoisotopic (exact) mass is 425 g/mol. The molecule has 0 spiro atoms. The summed E-state index contributed by atoms with van der Waals surface area (Å²) in [6.45, 7) is 15.0. The van der Waals surface area contributed by atoms with E-state index >= 15 is 0 Å². The summed E-state index contributed by atoms with van der Waals surface area (Å²) in [5, 5.41) is 16.1. The quantitative estimate of drug-likeness (QED) is 0.267. The summed E-state index contributed by atoms with van der Waals surface area (Å²) in [7, 11) is 0. The molecule has 0 atom stereocenters. The van der Waals surface area contributed by atoms with Crippen molar-refractivity contribution in [2.75, 3.05) is 19.6 Å². The van der Waals surface area contributed by atoms with E-state index in [1.807, 2.05) is 6.92 Å². The highest BCUT2D eigenvalue weighted by Crippen LogP contribution is 1.83. The Labute approximate surface area is 180 Å². The number of carbonyl (C=O) groups excluding carboxylic acids is 3. The van der Waals surface area contributed by atoms with Gasteiger partial charge in [0.15, 0.2) is 0 Å². The summed E-state index contributed by atoms with van der Waals surface area (Å²) < 4.78 is 0. The normalized spacial score (nSPS) is 9.17. The predicted molar refractivity (Wildman–Crippen MR) is 121 cm³/mol. The van der Waals surface area contributed by atoms with Gasteiger partial charge in [0.25, 0.3) is 0 Å². The van der Waals surface area contributed by atoms with Crippen LogP contribution in [0.2, 0.25) is 0 Å². The molecule has 0 aliphatic rings. The van der Waals surface area contributed by atoms with Crippen molar-refractivity contribution >= 4 is 23.7 Å². The fraction of sp³-hybridized carbons (Fsp3) is 0.545. The lowest BCUT2D eigenvalue weighted by Crippen LogP contribution is -2.22. The first-order valence-electron chi connectivity index (χ1n) is 10.3. The van der Waals surface area contributed by atoms with Crippen LogP contribution in [0.4, 0.5) is 0 Å². The summed E-state index contributed by atoms with van der Waals surface area (Å²) in [6, 6.07) is 0. The fourth-order valence-corrected chi connectivity index (χ4v) is 1.52. The number of aliphatic carboxylic acids is 1. The minimum absolute atomic E-state index is 0.0801. The van der Waals surface area contributed by atoms with Gasteiger partial charge in [-0.25, -0.2) is 4.79 Å². The van der Waals surface area contributed by atoms with Gasteiger partial charge in [-0.05, 0) is 31.4 Å². The van der Waals surface area contributed by atoms with Gasteiger partial charge in [-0.3, -0.25) is 14.4 Å². The Kier molecular flexibility index (Phi) is 27.7. The van der Waals surface area contributed by atoms with Gasteiger partial charge >= 0.3 is 5.97 Å². The van der Waals surface area contributed by atoms with Crippen molar-refractivity contribution in [3.05, 3.63) is 37.5 Å². The highest BCUT2D eigenvalue weighted by atomic mass is 16.4. The van der Waals surface area contributed by atoms with Gasteiger partial charge in [-0.1, -0.05) is 53.2 Å². The number of unbranched alkanes of at least 4 members (excludes halogenated alkanes) is 3. The molecule has 3 amide bonds. The third kappa shape index (κ3) is 32.7. The molecule has 0 saturated carbocycles. The smallest absolute Gasteiger partial charge is 0.328 e. The van der Waals surface area contributed by atoms with Crippen molar-refractivity contribution in [2.24, 2.45) is 0 Å². The zero-order chi connectivity index (χ0) is 23.6. The lowest BCUT2D eigenvalue weighted by molar-refractivity contribution is -0.131. The third-order valence-corrected chi connectivity index (χ3v) is 3.24. The van der Waals surface area contributed by atoms with Crippen LogP contribution in [0, 0.1) is 0 Å². The lowest BCUT2D eigenvalue weighted by atomic mass is 10.3. The average molecular weight is 426 g/mol. The molecule has 172 valence electrons. The Morgan fingerprint density at radius 2 is 1.00 bits per heavy atom. The van der Waals surface area contributed by atoms with Crippen molar-refractivity contribution in [3.63, 3.8) is 0 Å². The van der Waals surface area contributed by atoms with Crippen molar-refractivity contribution < 1.29 is 24.3 Å². The molecule has 0 bridgehead atoms. The summed E-state index contributed by atoms with van der Waals surface area (Å²) in [4.78, 5) is 41.6. The number of carbonyl (C=O) groups is 4. The molecule has 0 radical (unpaired) electrons. The van der Waals surface area contributed by atoms with Crippen LogP contribution in [0.25, 0.3) is 0 Å². The number of amides is 3. The molecule has 0 fully saturated rings. The number of hydrogen-bond acceptors (Lipinski definition) is 4. The first-order chi connectivity index (χ1) is 14.3. The van der Waals surface area contributed by atoms with Gasteiger partial charge in [0, 0.05) is 31.8 Å². The van der Waals surface area contributed by atoms with Crippen LogP contribution in [-0.2, 0) is 19.2 Å². The van der Waals surface area contributed by atoms with Crippen LogP contribution >= 0.6 is 0 Å². The van der Waals surface area contributed by atoms with Gasteiger partial charge in [-0.2, -0.15) is 0 Å². The maximum atomic E-state index is 10.8. The van der Waals surface area contributed by atoms with Gasteiger partial charge in [0.05, 0.1) is 0 Å². The minimum Gasteiger partial charge on any atom is -0.478 e. The van der Waals surface area contributed by atoms with Crippen molar-refractivity contribution in [3.8, 4) is 0 Å². The highest BCUT2D eigenvalue weighted by molar-refractivity contribution is 5.93. The molecule has 0 unspecified atom stereocenters. The van der Waals surface area contributed by atoms with Crippen LogP contribution in [0.1, 0.15) is 59.3 Å². The zero-order valence-corrected chi connectivity index (χ0v) is 18.7. The molecule has 0 saturated heterocycles. The summed E-state index contributed by atoms with van der Waals surface area (Å²) in [5.41, 5.74) is 0. The van der Waals surface area contributed by atoms with E-state index in [-0.39, 0.29) is 17.7 Å². The minimum atomic E-state index is -1.11. The van der Waals surface area contributed by atoms with Crippen LogP contribution in [0.5, 0.6) is 0 Å². The standard InChI is InChI=1S/C8H13NO3.2C7H13NO/c1-2-3-6-9-7(10)4-5-8(11)12;2*1-3-5-6-8-7(9)4-2/h4-5H,2-3,6H2,1H3,(H,9,10)(H,11,12);2*4H,2-3,5-6H2,1H3,(H,8,9)/b5-4-;;. The molecule has 8 nitrogen and oxygen atoms in total. The lowest BCUT2D eigenvalue weighted by Gasteiger charge is -1.97. The number of carboxylic acid groups (broad SMARTS) is 1. The topological polar surface area (TPSA) is 125 Å². The third-order valence-electron chi connectivity index (χ3n) is 3.24. The Hall–Kier alpha value is -2.90. The first kappa shape index (κ1) is 31.8. The Morgan fingerprint density at radius 3 is 1.27 bits per heavy atom. The second-order valence-corrected chi connectivity index (χ2v) is 6.01. The van der Waals surface area contributed by atoms with Crippen molar-refractivity contribution in [1.29, 1.82) is 0 Å². The summed E-state index contributed by atoms with van der Waals surface area (Å²) >= 11 is 0. The average Bonchev–Trinajstić information content (AvgIpc) is 2.73. The van der Waals surface area contributed by atoms with Crippen molar-refractivity contribution in [2.45, 2.75) is 59.3 Å². The van der Waals surface area contributed by atoms with Crippen LogP contribution in [0.15, 0.2) is 37.5 Å². The number of rotatable bonds is 13. The highest BCUT2D eigenvalue weighted by Gasteiger charge is 1.94. The van der Waals surface area contributed by atoms with Crippen LogP contribution in [-0.4, -0.2) is 48.4 Å². The molecule has 0 aliphatic heterocycles. The largest absolute Gasteiger partial charge is 0.478 e. The predicted octanol–water partition coefficient (Wildman–Crippen LogP) is 2.72. The molecular formula is C22H39N3O5. The first-order valence-corrected chi connectivity index (χ1v) is 10.3. The Bertz CT molecular complexity index is 505. The van der Waals surface area contributed by atoms with Crippen LogP contribution < -0.4 is 16.0 Å². The summed E-state index contributed by atoms with van der Waals surface area (Å²) in [6.07, 6.45) is 10.6. The van der Waals surface area contributed by atoms with E-state index < -0.39 is 5.97 Å². The van der Waals surface area contributed by atoms with Gasteiger partial charge in [-0.15, -0.1) is 0 Å². The second-order valence-electron chi connectivity index (χ2n) is 6.01. The summed E-state index contributed by atoms with van der Waals surface area (Å²) in [5.74, 6) is -1.63. The molecule has 4 N–H and O–H groups in total. The van der Waals surface area contributed by atoms with E-state index in [0.29, 0.717) is 6.54 Å². The Balaban J connectivity index is -0.000000371. The van der Waals surface area contributed by atoms with E-state index in [2.05, 4.69) is 43.0 Å². The number of hydrogen-bond donors (Lipinski definition) is 4. The van der Waals surface area contributed by atoms with Gasteiger partial charge in [0.1, 0.15) is 0 Å². The van der Waals surface area contributed by atoms with Gasteiger partial charge < -0.3 is 21.1 Å². The maximum Gasteiger partial charge on any atom is 0.328 e. The zero-order valence-electron chi connectivity index (χ0n) is 18.7. The van der Waals surface area contributed by atoms with E-state index in [1.165, 1.54) is 12.2 Å². The van der Waals surface area contributed by atoms with E-state index in [9.17, 15) is 19.2 Å². The van der Waals surface area contributed by atoms with Gasteiger partial charge in [0.2, 0.25) is 17.7 Å². The molecule has 30 heavy (non-hydrogen) atoms. The Morgan fingerprint density at radius 1 is 0.667 bits per heavy atom. The van der Waals surface area contributed by atoms with Crippen molar-refractivity contribution in [1.82, 2.24) is 16.0 Å². The molecule has 0 aromatic carbocycles. The fourth-order valence-electron chi connectivity index (χ4n) is 1.52.